The topological polar surface area (TPSA) is 57.7 Å². The quantitative estimate of drug-likeness (QED) is 0.807. The average molecular weight is 316 g/mol. The van der Waals surface area contributed by atoms with Crippen molar-refractivity contribution in [1.82, 2.24) is 9.80 Å². The number of hydrogen-bond acceptors (Lipinski definition) is 5. The summed E-state index contributed by atoms with van der Waals surface area (Å²) < 4.78 is 22.9. The molecule has 2 heterocycles. The Bertz CT molecular complexity index is 554. The largest absolute Gasteiger partial charge is 0.340 e. The molecule has 2 rings (SSSR count). The highest BCUT2D eigenvalue weighted by Gasteiger charge is 2.31. The molecule has 1 saturated heterocycles. The van der Waals surface area contributed by atoms with Gasteiger partial charge in [0.05, 0.1) is 18.1 Å². The van der Waals surface area contributed by atoms with Gasteiger partial charge in [0.1, 0.15) is 0 Å². The molecular weight excluding hydrogens is 296 g/mol. The molecule has 1 aliphatic rings. The summed E-state index contributed by atoms with van der Waals surface area (Å²) in [6.07, 6.45) is 0.625. The fourth-order valence-corrected chi connectivity index (χ4v) is 4.80. The van der Waals surface area contributed by atoms with E-state index in [-0.39, 0.29) is 30.0 Å². The van der Waals surface area contributed by atoms with Crippen LogP contribution in [0.3, 0.4) is 0 Å². The van der Waals surface area contributed by atoms with E-state index in [2.05, 4.69) is 0 Å². The molecule has 0 N–H and O–H groups in total. The van der Waals surface area contributed by atoms with Crippen LogP contribution in [0.5, 0.6) is 0 Å². The van der Waals surface area contributed by atoms with Crippen molar-refractivity contribution in [1.29, 1.82) is 0 Å². The third-order valence-corrected chi connectivity index (χ3v) is 6.12. The number of thiophene rings is 1. The summed E-state index contributed by atoms with van der Waals surface area (Å²) in [6.45, 7) is 0.861. The summed E-state index contributed by atoms with van der Waals surface area (Å²) in [4.78, 5) is 15.7. The molecule has 1 aromatic rings. The van der Waals surface area contributed by atoms with Crippen LogP contribution in [0, 0.1) is 0 Å². The molecule has 7 heteroatoms. The number of rotatable bonds is 5. The van der Waals surface area contributed by atoms with Crippen LogP contribution in [-0.4, -0.2) is 62.3 Å². The van der Waals surface area contributed by atoms with E-state index in [0.717, 1.165) is 5.56 Å². The third kappa shape index (κ3) is 4.04. The van der Waals surface area contributed by atoms with Gasteiger partial charge in [-0.3, -0.25) is 9.69 Å². The van der Waals surface area contributed by atoms with E-state index < -0.39 is 9.84 Å². The highest BCUT2D eigenvalue weighted by Crippen LogP contribution is 2.16. The van der Waals surface area contributed by atoms with E-state index in [0.29, 0.717) is 13.0 Å². The maximum absolute atomic E-state index is 12.1. The van der Waals surface area contributed by atoms with Crippen LogP contribution < -0.4 is 0 Å². The van der Waals surface area contributed by atoms with E-state index in [1.807, 2.05) is 28.8 Å². The lowest BCUT2D eigenvalue weighted by atomic mass is 10.2. The summed E-state index contributed by atoms with van der Waals surface area (Å²) in [5.41, 5.74) is 1.12. The Morgan fingerprint density at radius 1 is 1.45 bits per heavy atom. The van der Waals surface area contributed by atoms with Crippen LogP contribution in [0.1, 0.15) is 12.0 Å². The summed E-state index contributed by atoms with van der Waals surface area (Å²) in [5.74, 6) is 0.425. The molecule has 5 nitrogen and oxygen atoms in total. The Morgan fingerprint density at radius 3 is 2.75 bits per heavy atom. The normalized spacial score (nSPS) is 21.2. The highest BCUT2D eigenvalue weighted by atomic mass is 32.2. The van der Waals surface area contributed by atoms with E-state index in [1.165, 1.54) is 0 Å². The standard InChI is InChI=1S/C13H20N2O3S2/c1-14(12-4-6-20(17,18)10-12)8-13(16)15(2)7-11-3-5-19-9-11/h3,5,9,12H,4,6-8,10H2,1-2H3/t12-/m0/s1. The molecule has 0 radical (unpaired) electrons. The van der Waals surface area contributed by atoms with Crippen molar-refractivity contribution in [2.24, 2.45) is 0 Å². The summed E-state index contributed by atoms with van der Waals surface area (Å²) >= 11 is 1.61. The summed E-state index contributed by atoms with van der Waals surface area (Å²) in [7, 11) is 0.696. The van der Waals surface area contributed by atoms with Crippen LogP contribution in [0.15, 0.2) is 16.8 Å². The molecule has 112 valence electrons. The number of carbonyl (C=O) groups is 1. The van der Waals surface area contributed by atoms with Gasteiger partial charge in [0, 0.05) is 19.6 Å². The highest BCUT2D eigenvalue weighted by molar-refractivity contribution is 7.91. The molecule has 0 spiro atoms. The average Bonchev–Trinajstić information content (AvgIpc) is 2.98. The monoisotopic (exact) mass is 316 g/mol. The Labute approximate surface area is 124 Å². The van der Waals surface area contributed by atoms with Crippen LogP contribution in [0.25, 0.3) is 0 Å². The van der Waals surface area contributed by atoms with Crippen LogP contribution in [-0.2, 0) is 21.2 Å². The van der Waals surface area contributed by atoms with Crippen molar-refractivity contribution in [2.75, 3.05) is 32.1 Å². The molecule has 0 unspecified atom stereocenters. The fraction of sp³-hybridized carbons (Fsp3) is 0.615. The molecule has 0 bridgehead atoms. The van der Waals surface area contributed by atoms with Gasteiger partial charge >= 0.3 is 0 Å². The first-order valence-corrected chi connectivity index (χ1v) is 9.29. The van der Waals surface area contributed by atoms with Gasteiger partial charge in [0.2, 0.25) is 5.91 Å². The Kier molecular flexibility index (Phi) is 4.82. The molecule has 1 aromatic heterocycles. The van der Waals surface area contributed by atoms with Gasteiger partial charge < -0.3 is 4.90 Å². The number of sulfone groups is 1. The molecule has 1 atom stereocenters. The van der Waals surface area contributed by atoms with Crippen molar-refractivity contribution < 1.29 is 13.2 Å². The molecule has 0 aliphatic carbocycles. The van der Waals surface area contributed by atoms with Gasteiger partial charge in [-0.15, -0.1) is 0 Å². The first kappa shape index (κ1) is 15.5. The number of likely N-dealkylation sites (N-methyl/N-ethyl adjacent to an activating group) is 2. The first-order chi connectivity index (χ1) is 9.37. The molecule has 1 amide bonds. The van der Waals surface area contributed by atoms with Gasteiger partial charge in [0.25, 0.3) is 0 Å². The maximum Gasteiger partial charge on any atom is 0.236 e. The molecular formula is C13H20N2O3S2. The maximum atomic E-state index is 12.1. The second kappa shape index (κ2) is 6.24. The second-order valence-electron chi connectivity index (χ2n) is 5.35. The number of nitrogens with zero attached hydrogens (tertiary/aromatic N) is 2. The predicted molar refractivity (Wildman–Crippen MR) is 80.5 cm³/mol. The Balaban J connectivity index is 1.84. The lowest BCUT2D eigenvalue weighted by molar-refractivity contribution is -0.131. The van der Waals surface area contributed by atoms with Gasteiger partial charge in [-0.1, -0.05) is 0 Å². The fourth-order valence-electron chi connectivity index (χ4n) is 2.33. The molecule has 0 aromatic carbocycles. The van der Waals surface area contributed by atoms with Crippen LogP contribution >= 0.6 is 11.3 Å². The van der Waals surface area contributed by atoms with E-state index in [1.54, 1.807) is 23.3 Å². The minimum absolute atomic E-state index is 0.0167. The summed E-state index contributed by atoms with van der Waals surface area (Å²) in [5, 5.41) is 4.01. The smallest absolute Gasteiger partial charge is 0.236 e. The Hall–Kier alpha value is -0.920. The van der Waals surface area contributed by atoms with E-state index >= 15 is 0 Å². The van der Waals surface area contributed by atoms with E-state index in [4.69, 9.17) is 0 Å². The minimum atomic E-state index is -2.90. The Morgan fingerprint density at radius 2 is 2.20 bits per heavy atom. The zero-order valence-electron chi connectivity index (χ0n) is 11.8. The number of hydrogen-bond donors (Lipinski definition) is 0. The first-order valence-electron chi connectivity index (χ1n) is 6.53. The zero-order valence-corrected chi connectivity index (χ0v) is 13.4. The van der Waals surface area contributed by atoms with Gasteiger partial charge in [0.15, 0.2) is 9.84 Å². The van der Waals surface area contributed by atoms with Gasteiger partial charge in [-0.05, 0) is 35.9 Å². The van der Waals surface area contributed by atoms with Crippen LogP contribution in [0.2, 0.25) is 0 Å². The van der Waals surface area contributed by atoms with Crippen molar-refractivity contribution in [3.63, 3.8) is 0 Å². The number of carbonyl (C=O) groups excluding carboxylic acids is 1. The van der Waals surface area contributed by atoms with Crippen molar-refractivity contribution >= 4 is 27.1 Å². The lowest BCUT2D eigenvalue weighted by Gasteiger charge is -2.25. The molecule has 1 fully saturated rings. The molecule has 20 heavy (non-hydrogen) atoms. The third-order valence-electron chi connectivity index (χ3n) is 3.64. The van der Waals surface area contributed by atoms with Crippen LogP contribution in [0.4, 0.5) is 0 Å². The molecule has 0 saturated carbocycles. The molecule has 1 aliphatic heterocycles. The second-order valence-corrected chi connectivity index (χ2v) is 8.36. The predicted octanol–water partition coefficient (Wildman–Crippen LogP) is 0.825. The zero-order chi connectivity index (χ0) is 14.8. The van der Waals surface area contributed by atoms with Crippen molar-refractivity contribution in [2.45, 2.75) is 19.0 Å². The summed E-state index contributed by atoms with van der Waals surface area (Å²) in [6, 6.07) is 1.97. The van der Waals surface area contributed by atoms with Gasteiger partial charge in [-0.25, -0.2) is 8.42 Å². The number of amides is 1. The van der Waals surface area contributed by atoms with Crippen molar-refractivity contribution in [3.05, 3.63) is 22.4 Å². The SMILES string of the molecule is CN(Cc1ccsc1)C(=O)CN(C)[C@H]1CCS(=O)(=O)C1. The van der Waals surface area contributed by atoms with Gasteiger partial charge in [-0.2, -0.15) is 11.3 Å². The minimum Gasteiger partial charge on any atom is -0.340 e. The van der Waals surface area contributed by atoms with E-state index in [9.17, 15) is 13.2 Å². The van der Waals surface area contributed by atoms with Crippen molar-refractivity contribution in [3.8, 4) is 0 Å². The lowest BCUT2D eigenvalue weighted by Crippen LogP contribution is -2.41.